The minimum atomic E-state index is 0.804. The minimum absolute atomic E-state index is 0.804. The molecule has 4 unspecified atom stereocenters. The van der Waals surface area contributed by atoms with Crippen LogP contribution >= 0.6 is 0 Å². The van der Waals surface area contributed by atoms with E-state index in [1.165, 1.54) is 161 Å². The summed E-state index contributed by atoms with van der Waals surface area (Å²) in [7, 11) is 0. The molecule has 3 aliphatic carbocycles. The Morgan fingerprint density at radius 2 is 0.579 bits per heavy atom. The average molecular weight is 803 g/mol. The van der Waals surface area contributed by atoms with Gasteiger partial charge in [-0.25, -0.2) is 0 Å². The van der Waals surface area contributed by atoms with Crippen molar-refractivity contribution in [1.82, 2.24) is 21.3 Å². The number of rotatable bonds is 7. The van der Waals surface area contributed by atoms with E-state index in [-0.39, 0.29) is 0 Å². The standard InChI is InChI=1S/C9H18.2C8H17N.C8H16.C7H15N.C7H14.C6H13N/c1-8(2)9-6-4-3-5-7-9;1-7(2)8-4-3-5-9-6-8;1-7(2)8-5-3-4-6-9-8;1-7(2)8-5-3-4-6-8;1-6(2)7-4-3-5-8-7;1-6(2)7-4-3-5-7;1-5(2)6-3-4-7-6/h8-9H,3-7H2,1-2H3;2*7-9H,3-6H2,1-2H3;7-8H,3-6H2,1-2H3;6-8H,3-5H2,1-2H3;6-7H,3-5H2,1-2H3;5-7H,3-4H2,1-2H3. The fourth-order valence-electron chi connectivity index (χ4n) is 9.59. The highest BCUT2D eigenvalue weighted by Crippen LogP contribution is 2.33. The SMILES string of the molecule is CC(C)C1CCC1.CC(C)C1CCCC1.CC(C)C1CCCCC1.CC(C)C1CCCCN1.CC(C)C1CCCN1.CC(C)C1CCCNC1.CC(C)C1CCN1. The van der Waals surface area contributed by atoms with Crippen LogP contribution in [0, 0.1) is 65.1 Å². The van der Waals surface area contributed by atoms with Crippen LogP contribution in [0.3, 0.4) is 0 Å². The lowest BCUT2D eigenvalue weighted by atomic mass is 9.78. The summed E-state index contributed by atoms with van der Waals surface area (Å²) in [6.07, 6.45) is 29.1. The molecule has 7 aliphatic rings. The number of hydrogen-bond acceptors (Lipinski definition) is 4. The molecule has 4 N–H and O–H groups in total. The van der Waals surface area contributed by atoms with E-state index in [0.29, 0.717) is 0 Å². The highest BCUT2D eigenvalue weighted by molar-refractivity contribution is 4.80. The summed E-state index contributed by atoms with van der Waals surface area (Å²) in [6.45, 7) is 38.6. The molecule has 342 valence electrons. The van der Waals surface area contributed by atoms with Crippen LogP contribution in [0.15, 0.2) is 0 Å². The molecule has 4 saturated heterocycles. The molecule has 0 aromatic carbocycles. The summed E-state index contributed by atoms with van der Waals surface area (Å²) in [6, 6.07) is 2.45. The highest BCUT2D eigenvalue weighted by Gasteiger charge is 2.21. The van der Waals surface area contributed by atoms with Crippen molar-refractivity contribution in [2.45, 2.75) is 243 Å². The van der Waals surface area contributed by atoms with Crippen LogP contribution in [0.4, 0.5) is 0 Å². The quantitative estimate of drug-likeness (QED) is 0.207. The van der Waals surface area contributed by atoms with Crippen LogP contribution in [0.1, 0.15) is 225 Å². The third-order valence-corrected chi connectivity index (χ3v) is 15.0. The number of hydrogen-bond donors (Lipinski definition) is 4. The first-order valence-electron chi connectivity index (χ1n) is 26.0. The molecule has 0 amide bonds. The first-order chi connectivity index (χ1) is 27.1. The van der Waals surface area contributed by atoms with Gasteiger partial charge in [-0.15, -0.1) is 0 Å². The minimum Gasteiger partial charge on any atom is -0.316 e. The highest BCUT2D eigenvalue weighted by atomic mass is 15.0. The Balaban J connectivity index is 0.000000333. The van der Waals surface area contributed by atoms with E-state index in [4.69, 9.17) is 0 Å². The van der Waals surface area contributed by atoms with E-state index >= 15 is 0 Å². The van der Waals surface area contributed by atoms with E-state index in [2.05, 4.69) is 118 Å². The van der Waals surface area contributed by atoms with Gasteiger partial charge in [-0.05, 0) is 143 Å². The molecule has 7 fully saturated rings. The second kappa shape index (κ2) is 33.5. The van der Waals surface area contributed by atoms with E-state index in [1.54, 1.807) is 0 Å². The maximum absolute atomic E-state index is 3.52. The van der Waals surface area contributed by atoms with Crippen molar-refractivity contribution in [3.8, 4) is 0 Å². The van der Waals surface area contributed by atoms with Crippen molar-refractivity contribution in [3.05, 3.63) is 0 Å². The first kappa shape index (κ1) is 54.9. The average Bonchev–Trinajstić information content (AvgIpc) is 3.89. The van der Waals surface area contributed by atoms with Crippen LogP contribution in [-0.4, -0.2) is 50.8 Å². The van der Waals surface area contributed by atoms with Crippen molar-refractivity contribution in [1.29, 1.82) is 0 Å². The zero-order valence-corrected chi connectivity index (χ0v) is 41.8. The topological polar surface area (TPSA) is 48.1 Å². The summed E-state index contributed by atoms with van der Waals surface area (Å²) < 4.78 is 0. The lowest BCUT2D eigenvalue weighted by Crippen LogP contribution is -2.46. The predicted molar refractivity (Wildman–Crippen MR) is 258 cm³/mol. The fraction of sp³-hybridized carbons (Fsp3) is 1.00. The summed E-state index contributed by atoms with van der Waals surface area (Å²) >= 11 is 0. The maximum atomic E-state index is 3.52. The van der Waals surface area contributed by atoms with E-state index in [0.717, 1.165) is 83.2 Å². The lowest BCUT2D eigenvalue weighted by Gasteiger charge is -2.30. The smallest absolute Gasteiger partial charge is 0.0102 e. The van der Waals surface area contributed by atoms with Crippen LogP contribution < -0.4 is 21.3 Å². The lowest BCUT2D eigenvalue weighted by molar-refractivity contribution is 0.235. The van der Waals surface area contributed by atoms with Crippen molar-refractivity contribution < 1.29 is 0 Å². The molecule has 0 radical (unpaired) electrons. The van der Waals surface area contributed by atoms with Gasteiger partial charge < -0.3 is 21.3 Å². The second-order valence-corrected chi connectivity index (χ2v) is 22.1. The molecular weight excluding hydrogens is 693 g/mol. The molecule has 57 heavy (non-hydrogen) atoms. The van der Waals surface area contributed by atoms with Crippen molar-refractivity contribution in [2.24, 2.45) is 65.1 Å². The Kier molecular flexibility index (Phi) is 32.2. The van der Waals surface area contributed by atoms with Gasteiger partial charge in [0.1, 0.15) is 0 Å². The van der Waals surface area contributed by atoms with Gasteiger partial charge in [0.05, 0.1) is 0 Å². The van der Waals surface area contributed by atoms with Crippen LogP contribution in [0.5, 0.6) is 0 Å². The molecule has 0 bridgehead atoms. The van der Waals surface area contributed by atoms with E-state index < -0.39 is 0 Å². The summed E-state index contributed by atoms with van der Waals surface area (Å²) in [4.78, 5) is 0. The molecule has 4 aliphatic heterocycles. The maximum Gasteiger partial charge on any atom is 0.0102 e. The van der Waals surface area contributed by atoms with E-state index in [1.807, 2.05) is 0 Å². The van der Waals surface area contributed by atoms with E-state index in [9.17, 15) is 0 Å². The third kappa shape index (κ3) is 26.7. The zero-order chi connectivity index (χ0) is 42.6. The zero-order valence-electron chi connectivity index (χ0n) is 41.8. The van der Waals surface area contributed by atoms with Crippen molar-refractivity contribution in [2.75, 3.05) is 32.7 Å². The molecule has 4 heteroatoms. The molecule has 4 nitrogen and oxygen atoms in total. The molecule has 3 saturated carbocycles. The summed E-state index contributed by atoms with van der Waals surface area (Å²) in [5.74, 6) is 10.3. The fourth-order valence-corrected chi connectivity index (χ4v) is 9.59. The number of piperidine rings is 2. The first-order valence-corrected chi connectivity index (χ1v) is 26.0. The molecule has 0 spiro atoms. The molecule has 7 rings (SSSR count). The van der Waals surface area contributed by atoms with Crippen molar-refractivity contribution >= 4 is 0 Å². The molecule has 4 heterocycles. The molecule has 0 aromatic rings. The van der Waals surface area contributed by atoms with Gasteiger partial charge >= 0.3 is 0 Å². The monoisotopic (exact) mass is 803 g/mol. The Morgan fingerprint density at radius 1 is 0.263 bits per heavy atom. The van der Waals surface area contributed by atoms with Crippen molar-refractivity contribution in [3.63, 3.8) is 0 Å². The Bertz CT molecular complexity index is 752. The van der Waals surface area contributed by atoms with Crippen LogP contribution in [-0.2, 0) is 0 Å². The largest absolute Gasteiger partial charge is 0.316 e. The number of nitrogens with one attached hydrogen (secondary N) is 4. The van der Waals surface area contributed by atoms with Gasteiger partial charge in [-0.3, -0.25) is 0 Å². The van der Waals surface area contributed by atoms with Gasteiger partial charge in [-0.2, -0.15) is 0 Å². The third-order valence-electron chi connectivity index (χ3n) is 15.0. The Labute approximate surface area is 361 Å². The molecule has 4 atom stereocenters. The summed E-state index contributed by atoms with van der Waals surface area (Å²) in [5, 5.41) is 13.7. The molecular formula is C53H110N4. The van der Waals surface area contributed by atoms with Gasteiger partial charge in [0.25, 0.3) is 0 Å². The Morgan fingerprint density at radius 3 is 0.789 bits per heavy atom. The molecule has 0 aromatic heterocycles. The Hall–Kier alpha value is -0.160. The van der Waals surface area contributed by atoms with Gasteiger partial charge in [0.2, 0.25) is 0 Å². The van der Waals surface area contributed by atoms with Crippen LogP contribution in [0.2, 0.25) is 0 Å². The van der Waals surface area contributed by atoms with Gasteiger partial charge in [0, 0.05) is 18.1 Å². The summed E-state index contributed by atoms with van der Waals surface area (Å²) in [5.41, 5.74) is 0. The van der Waals surface area contributed by atoms with Gasteiger partial charge in [-0.1, -0.05) is 180 Å². The normalized spacial score (nSPS) is 26.7. The van der Waals surface area contributed by atoms with Crippen LogP contribution in [0.25, 0.3) is 0 Å². The second-order valence-electron chi connectivity index (χ2n) is 22.1. The predicted octanol–water partition coefficient (Wildman–Crippen LogP) is 14.3. The van der Waals surface area contributed by atoms with Gasteiger partial charge in [0.15, 0.2) is 0 Å².